The third-order valence-corrected chi connectivity index (χ3v) is 4.68. The Morgan fingerprint density at radius 3 is 2.41 bits per heavy atom. The van der Waals surface area contributed by atoms with Gasteiger partial charge in [-0.3, -0.25) is 0 Å². The van der Waals surface area contributed by atoms with E-state index in [-0.39, 0.29) is 24.4 Å². The molecule has 2 N–H and O–H groups in total. The Kier molecular flexibility index (Phi) is 6.92. The third kappa shape index (κ3) is 4.45. The van der Waals surface area contributed by atoms with E-state index in [2.05, 4.69) is 11.4 Å². The summed E-state index contributed by atoms with van der Waals surface area (Å²) in [4.78, 5) is 12.0. The number of carboxylic acid groups (broad SMARTS) is 1. The largest absolute Gasteiger partial charge is 0.478 e. The van der Waals surface area contributed by atoms with Crippen LogP contribution >= 0.6 is 35.6 Å². The fourth-order valence-electron chi connectivity index (χ4n) is 2.96. The molecule has 0 aliphatic carbocycles. The minimum atomic E-state index is -1.07. The summed E-state index contributed by atoms with van der Waals surface area (Å²) in [7, 11) is 0. The van der Waals surface area contributed by atoms with Gasteiger partial charge in [-0.25, -0.2) is 4.79 Å². The molecule has 1 heterocycles. The highest BCUT2D eigenvalue weighted by Crippen LogP contribution is 2.40. The Morgan fingerprint density at radius 2 is 1.81 bits per heavy atom. The Labute approximate surface area is 173 Å². The highest BCUT2D eigenvalue weighted by atomic mass is 35.5. The lowest BCUT2D eigenvalue weighted by atomic mass is 9.85. The molecule has 0 amide bonds. The van der Waals surface area contributed by atoms with Gasteiger partial charge in [0.25, 0.3) is 0 Å². The smallest absolute Gasteiger partial charge is 0.336 e. The molecule has 1 unspecified atom stereocenters. The Hall–Kier alpha value is -2.45. The van der Waals surface area contributed by atoms with Gasteiger partial charge in [0.15, 0.2) is 0 Å². The van der Waals surface area contributed by atoms with Crippen LogP contribution in [0.1, 0.15) is 23.6 Å². The van der Waals surface area contributed by atoms with E-state index in [4.69, 9.17) is 28.5 Å². The van der Waals surface area contributed by atoms with Crippen LogP contribution in [0.25, 0.3) is 5.57 Å². The maximum Gasteiger partial charge on any atom is 0.336 e. The van der Waals surface area contributed by atoms with E-state index in [0.717, 1.165) is 5.56 Å². The molecule has 27 heavy (non-hydrogen) atoms. The highest BCUT2D eigenvalue weighted by molar-refractivity contribution is 6.32. The fourth-order valence-corrected chi connectivity index (χ4v) is 3.32. The van der Waals surface area contributed by atoms with Crippen LogP contribution < -0.4 is 5.32 Å². The topological polar surface area (TPSA) is 73.1 Å². The Balaban J connectivity index is 0.00000261. The van der Waals surface area contributed by atoms with Crippen LogP contribution in [-0.4, -0.2) is 11.1 Å². The molecule has 4 nitrogen and oxygen atoms in total. The second kappa shape index (κ2) is 8.96. The van der Waals surface area contributed by atoms with Crippen molar-refractivity contribution in [2.45, 2.75) is 12.5 Å². The first kappa shape index (κ1) is 20.9. The zero-order valence-corrected chi connectivity index (χ0v) is 16.3. The molecule has 1 atom stereocenters. The standard InChI is InChI=1S/C20H14Cl2N2O2.ClH/c21-13-7-5-12(6-8-13)19-18(15-3-1-2-4-17(15)22)16(20(25)26)11-14(24-19)9-10-23;/h1-8,11,19,24H,9H2,(H,25,26);1H. The molecule has 0 saturated heterocycles. The number of halogens is 3. The van der Waals surface area contributed by atoms with Crippen molar-refractivity contribution in [3.8, 4) is 6.07 Å². The normalized spacial score (nSPS) is 15.9. The van der Waals surface area contributed by atoms with Gasteiger partial charge in [0, 0.05) is 21.3 Å². The predicted molar refractivity (Wildman–Crippen MR) is 109 cm³/mol. The van der Waals surface area contributed by atoms with Crippen molar-refractivity contribution in [2.24, 2.45) is 0 Å². The van der Waals surface area contributed by atoms with E-state index in [9.17, 15) is 9.90 Å². The monoisotopic (exact) mass is 420 g/mol. The van der Waals surface area contributed by atoms with E-state index in [0.29, 0.717) is 26.9 Å². The number of nitrogens with one attached hydrogen (secondary N) is 1. The van der Waals surface area contributed by atoms with Crippen LogP contribution in [0.5, 0.6) is 0 Å². The lowest BCUT2D eigenvalue weighted by Gasteiger charge is -2.30. The van der Waals surface area contributed by atoms with Crippen LogP contribution in [0.2, 0.25) is 10.0 Å². The van der Waals surface area contributed by atoms with Crippen LogP contribution in [0.15, 0.2) is 65.9 Å². The number of carboxylic acids is 1. The van der Waals surface area contributed by atoms with Crippen molar-refractivity contribution in [2.75, 3.05) is 0 Å². The average molecular weight is 422 g/mol. The van der Waals surface area contributed by atoms with Crippen LogP contribution in [0, 0.1) is 11.3 Å². The Bertz CT molecular complexity index is 960. The van der Waals surface area contributed by atoms with E-state index in [1.807, 2.05) is 12.1 Å². The lowest BCUT2D eigenvalue weighted by Crippen LogP contribution is -2.28. The Morgan fingerprint density at radius 1 is 1.15 bits per heavy atom. The summed E-state index contributed by atoms with van der Waals surface area (Å²) in [6.45, 7) is 0. The summed E-state index contributed by atoms with van der Waals surface area (Å²) in [5, 5.41) is 23.1. The number of aliphatic carboxylic acids is 1. The van der Waals surface area contributed by atoms with Crippen LogP contribution in [0.3, 0.4) is 0 Å². The first-order chi connectivity index (χ1) is 12.5. The van der Waals surface area contributed by atoms with Gasteiger partial charge in [0.05, 0.1) is 24.1 Å². The van der Waals surface area contributed by atoms with Crippen molar-refractivity contribution in [3.63, 3.8) is 0 Å². The van der Waals surface area contributed by atoms with E-state index >= 15 is 0 Å². The number of benzene rings is 2. The van der Waals surface area contributed by atoms with Crippen molar-refractivity contribution in [1.29, 1.82) is 5.26 Å². The minimum Gasteiger partial charge on any atom is -0.478 e. The molecule has 2 aromatic rings. The number of rotatable bonds is 4. The predicted octanol–water partition coefficient (Wildman–Crippen LogP) is 5.40. The number of nitriles is 1. The van der Waals surface area contributed by atoms with Crippen molar-refractivity contribution >= 4 is 47.2 Å². The van der Waals surface area contributed by atoms with Crippen molar-refractivity contribution in [3.05, 3.63) is 87.0 Å². The van der Waals surface area contributed by atoms with Gasteiger partial charge in [-0.2, -0.15) is 5.26 Å². The molecule has 0 aromatic heterocycles. The lowest BCUT2D eigenvalue weighted by molar-refractivity contribution is -0.132. The van der Waals surface area contributed by atoms with Gasteiger partial charge in [0.2, 0.25) is 0 Å². The molecule has 3 rings (SSSR count). The zero-order chi connectivity index (χ0) is 18.7. The first-order valence-corrected chi connectivity index (χ1v) is 8.58. The summed E-state index contributed by atoms with van der Waals surface area (Å²) in [6.07, 6.45) is 1.58. The summed E-state index contributed by atoms with van der Waals surface area (Å²) in [6, 6.07) is 15.8. The summed E-state index contributed by atoms with van der Waals surface area (Å²) in [5.74, 6) is -1.07. The molecular weight excluding hydrogens is 407 g/mol. The van der Waals surface area contributed by atoms with Gasteiger partial charge in [-0.1, -0.05) is 53.5 Å². The van der Waals surface area contributed by atoms with Gasteiger partial charge in [-0.05, 0) is 35.4 Å². The van der Waals surface area contributed by atoms with Crippen molar-refractivity contribution in [1.82, 2.24) is 5.32 Å². The maximum absolute atomic E-state index is 12.0. The van der Waals surface area contributed by atoms with Gasteiger partial charge in [0.1, 0.15) is 0 Å². The first-order valence-electron chi connectivity index (χ1n) is 7.83. The molecule has 2 aromatic carbocycles. The fraction of sp³-hybridized carbons (Fsp3) is 0.100. The summed E-state index contributed by atoms with van der Waals surface area (Å²) >= 11 is 12.3. The number of dihydropyridines is 1. The number of hydrogen-bond acceptors (Lipinski definition) is 3. The van der Waals surface area contributed by atoms with Gasteiger partial charge >= 0.3 is 5.97 Å². The van der Waals surface area contributed by atoms with E-state index in [1.54, 1.807) is 36.4 Å². The number of hydrogen-bond donors (Lipinski definition) is 2. The minimum absolute atomic E-state index is 0. The molecule has 0 saturated carbocycles. The quantitative estimate of drug-likeness (QED) is 0.693. The van der Waals surface area contributed by atoms with Gasteiger partial charge in [-0.15, -0.1) is 12.4 Å². The van der Waals surface area contributed by atoms with Crippen LogP contribution in [0.4, 0.5) is 0 Å². The second-order valence-corrected chi connectivity index (χ2v) is 6.59. The molecule has 0 bridgehead atoms. The molecular formula is C20H15Cl3N2O2. The summed E-state index contributed by atoms with van der Waals surface area (Å²) < 4.78 is 0. The zero-order valence-electron chi connectivity index (χ0n) is 13.9. The highest BCUT2D eigenvalue weighted by Gasteiger charge is 2.30. The average Bonchev–Trinajstić information content (AvgIpc) is 2.62. The molecule has 1 aliphatic rings. The molecule has 1 aliphatic heterocycles. The number of allylic oxidation sites excluding steroid dienone is 1. The van der Waals surface area contributed by atoms with Crippen LogP contribution in [-0.2, 0) is 4.79 Å². The van der Waals surface area contributed by atoms with E-state index < -0.39 is 12.0 Å². The molecule has 0 radical (unpaired) electrons. The second-order valence-electron chi connectivity index (χ2n) is 5.75. The van der Waals surface area contributed by atoms with Gasteiger partial charge < -0.3 is 10.4 Å². The third-order valence-electron chi connectivity index (χ3n) is 4.09. The molecule has 138 valence electrons. The summed E-state index contributed by atoms with van der Waals surface area (Å²) in [5.41, 5.74) is 2.66. The molecule has 7 heteroatoms. The molecule has 0 fully saturated rings. The molecule has 0 spiro atoms. The SMILES string of the molecule is Cl.N#CCC1=CC(C(=O)O)=C(c2ccccc2Cl)C(c2ccc(Cl)cc2)N1. The van der Waals surface area contributed by atoms with Crippen molar-refractivity contribution < 1.29 is 9.90 Å². The maximum atomic E-state index is 12.0. The number of nitrogens with zero attached hydrogens (tertiary/aromatic N) is 1. The number of carbonyl (C=O) groups is 1. The van der Waals surface area contributed by atoms with E-state index in [1.165, 1.54) is 6.08 Å².